The van der Waals surface area contributed by atoms with Crippen molar-refractivity contribution in [3.05, 3.63) is 40.5 Å². The molecule has 3 rings (SSSR count). The molecule has 0 bridgehead atoms. The van der Waals surface area contributed by atoms with E-state index in [9.17, 15) is 9.90 Å². The Labute approximate surface area is 163 Å². The Morgan fingerprint density at radius 1 is 1.19 bits per heavy atom. The van der Waals surface area contributed by atoms with Gasteiger partial charge in [0.05, 0.1) is 6.10 Å². The Kier molecular flexibility index (Phi) is 6.41. The highest BCUT2D eigenvalue weighted by Crippen LogP contribution is 2.51. The topological polar surface area (TPSA) is 46.5 Å². The fourth-order valence-corrected chi connectivity index (χ4v) is 4.93. The van der Waals surface area contributed by atoms with Crippen LogP contribution < -0.4 is 0 Å². The van der Waals surface area contributed by atoms with Crippen LogP contribution >= 0.6 is 0 Å². The molecule has 2 aliphatic carbocycles. The molecule has 1 aromatic carbocycles. The molecule has 2 atom stereocenters. The van der Waals surface area contributed by atoms with E-state index < -0.39 is 0 Å². The minimum absolute atomic E-state index is 0.123. The summed E-state index contributed by atoms with van der Waals surface area (Å²) in [7, 11) is 0. The zero-order valence-electron chi connectivity index (χ0n) is 17.1. The summed E-state index contributed by atoms with van der Waals surface area (Å²) < 4.78 is 5.95. The number of fused-ring (bicyclic) bond motifs is 2. The molecular weight excluding hydrogens is 336 g/mol. The third-order valence-electron chi connectivity index (χ3n) is 6.41. The first-order chi connectivity index (χ1) is 13.0. The lowest BCUT2D eigenvalue weighted by molar-refractivity contribution is -0.116. The van der Waals surface area contributed by atoms with Crippen LogP contribution in [0.15, 0.2) is 29.3 Å². The van der Waals surface area contributed by atoms with E-state index in [0.29, 0.717) is 18.0 Å². The van der Waals surface area contributed by atoms with E-state index in [-0.39, 0.29) is 11.5 Å². The number of phenolic OH excluding ortho intramolecular Hbond substituents is 1. The quantitative estimate of drug-likeness (QED) is 0.581. The van der Waals surface area contributed by atoms with Gasteiger partial charge in [0.1, 0.15) is 5.75 Å². The molecule has 0 saturated heterocycles. The fraction of sp³-hybridized carbons (Fsp3) is 0.625. The van der Waals surface area contributed by atoms with Gasteiger partial charge in [-0.25, -0.2) is 0 Å². The van der Waals surface area contributed by atoms with Gasteiger partial charge < -0.3 is 9.84 Å². The van der Waals surface area contributed by atoms with Crippen LogP contribution in [0.25, 0.3) is 0 Å². The summed E-state index contributed by atoms with van der Waals surface area (Å²) in [4.78, 5) is 12.9. The number of carbonyl (C=O) groups excluding carboxylic acids is 1. The van der Waals surface area contributed by atoms with Gasteiger partial charge in [0, 0.05) is 18.4 Å². The average molecular weight is 371 g/mol. The average Bonchev–Trinajstić information content (AvgIpc) is 2.87. The van der Waals surface area contributed by atoms with Gasteiger partial charge in [0.25, 0.3) is 0 Å². The van der Waals surface area contributed by atoms with Gasteiger partial charge >= 0.3 is 0 Å². The molecule has 0 saturated carbocycles. The second kappa shape index (κ2) is 8.60. The van der Waals surface area contributed by atoms with Crippen LogP contribution in [-0.2, 0) is 22.4 Å². The maximum absolute atomic E-state index is 12.9. The molecule has 0 aromatic heterocycles. The molecule has 0 amide bonds. The second-order valence-corrected chi connectivity index (χ2v) is 8.50. The Morgan fingerprint density at radius 2 is 2.00 bits per heavy atom. The van der Waals surface area contributed by atoms with Crippen molar-refractivity contribution >= 4 is 5.78 Å². The fourth-order valence-electron chi connectivity index (χ4n) is 4.93. The van der Waals surface area contributed by atoms with Crippen LogP contribution in [0.3, 0.4) is 0 Å². The maximum Gasteiger partial charge on any atom is 0.159 e. The molecule has 0 spiro atoms. The van der Waals surface area contributed by atoms with Gasteiger partial charge in [-0.3, -0.25) is 4.79 Å². The highest BCUT2D eigenvalue weighted by molar-refractivity contribution is 6.00. The largest absolute Gasteiger partial charge is 0.508 e. The van der Waals surface area contributed by atoms with E-state index in [1.165, 1.54) is 30.4 Å². The Bertz CT molecular complexity index is 718. The molecule has 3 nitrogen and oxygen atoms in total. The maximum atomic E-state index is 12.9. The first-order valence-electron chi connectivity index (χ1n) is 10.7. The number of ether oxygens (including phenoxy) is 1. The number of aromatic hydroxyl groups is 1. The summed E-state index contributed by atoms with van der Waals surface area (Å²) in [5.41, 5.74) is 4.45. The van der Waals surface area contributed by atoms with E-state index in [4.69, 9.17) is 4.74 Å². The minimum Gasteiger partial charge on any atom is -0.508 e. The number of hydrogen-bond donors (Lipinski definition) is 1. The number of benzene rings is 1. The predicted molar refractivity (Wildman–Crippen MR) is 109 cm³/mol. The Hall–Kier alpha value is -1.61. The van der Waals surface area contributed by atoms with Crippen molar-refractivity contribution in [2.24, 2.45) is 5.41 Å². The lowest BCUT2D eigenvalue weighted by atomic mass is 9.69. The van der Waals surface area contributed by atoms with Crippen molar-refractivity contribution < 1.29 is 14.6 Å². The minimum atomic E-state index is -0.123. The predicted octanol–water partition coefficient (Wildman–Crippen LogP) is 5.53. The monoisotopic (exact) mass is 370 g/mol. The van der Waals surface area contributed by atoms with Gasteiger partial charge in [-0.1, -0.05) is 50.8 Å². The van der Waals surface area contributed by atoms with Crippen molar-refractivity contribution in [3.63, 3.8) is 0 Å². The standard InChI is InChI=1S/C24H34O3/c1-4-6-7-10-18(27-5-2)12-13-19-21-14-17-9-8-11-22(25)20(17)15-24(21,3)16-23(19)26/h8-9,11,18,25H,4-7,10,12-16H2,1-3H3. The second-order valence-electron chi connectivity index (χ2n) is 8.50. The lowest BCUT2D eigenvalue weighted by Gasteiger charge is -2.34. The van der Waals surface area contributed by atoms with Crippen LogP contribution in [0.5, 0.6) is 5.75 Å². The van der Waals surface area contributed by atoms with Crippen molar-refractivity contribution in [1.82, 2.24) is 0 Å². The SMILES string of the molecule is CCCCCC(CCC1=C2Cc3cccc(O)c3CC2(C)CC1=O)OCC. The molecule has 1 N–H and O–H groups in total. The van der Waals surface area contributed by atoms with Gasteiger partial charge in [0.2, 0.25) is 0 Å². The van der Waals surface area contributed by atoms with Crippen molar-refractivity contribution in [2.75, 3.05) is 6.61 Å². The number of Topliss-reactive ketones (excluding diaryl/α,β-unsaturated/α-hetero) is 1. The number of carbonyl (C=O) groups is 1. The molecular formula is C24H34O3. The summed E-state index contributed by atoms with van der Waals surface area (Å²) >= 11 is 0. The third-order valence-corrected chi connectivity index (χ3v) is 6.41. The number of ketones is 1. The number of phenols is 1. The molecule has 3 heteroatoms. The van der Waals surface area contributed by atoms with E-state index in [1.54, 1.807) is 6.07 Å². The molecule has 148 valence electrons. The van der Waals surface area contributed by atoms with Crippen LogP contribution in [0.1, 0.15) is 76.8 Å². The van der Waals surface area contributed by atoms with Crippen LogP contribution in [0, 0.1) is 5.41 Å². The first kappa shape index (κ1) is 20.1. The van der Waals surface area contributed by atoms with Gasteiger partial charge in [-0.2, -0.15) is 0 Å². The first-order valence-corrected chi connectivity index (χ1v) is 10.7. The number of rotatable bonds is 9. The molecule has 0 heterocycles. The molecule has 0 radical (unpaired) electrons. The summed E-state index contributed by atoms with van der Waals surface area (Å²) in [6.45, 7) is 7.21. The number of allylic oxidation sites excluding steroid dienone is 2. The van der Waals surface area contributed by atoms with Crippen LogP contribution in [-0.4, -0.2) is 23.6 Å². The zero-order chi connectivity index (χ0) is 19.4. The van der Waals surface area contributed by atoms with Crippen molar-refractivity contribution in [1.29, 1.82) is 0 Å². The number of hydrogen-bond acceptors (Lipinski definition) is 3. The summed E-state index contributed by atoms with van der Waals surface area (Å²) in [5.74, 6) is 0.685. The normalized spacial score (nSPS) is 22.7. The summed E-state index contributed by atoms with van der Waals surface area (Å²) in [5, 5.41) is 10.2. The van der Waals surface area contributed by atoms with E-state index in [2.05, 4.69) is 26.8 Å². The Morgan fingerprint density at radius 3 is 2.74 bits per heavy atom. The molecule has 1 aromatic rings. The highest BCUT2D eigenvalue weighted by Gasteiger charge is 2.44. The van der Waals surface area contributed by atoms with E-state index in [1.807, 2.05) is 6.07 Å². The molecule has 2 aliphatic rings. The van der Waals surface area contributed by atoms with E-state index in [0.717, 1.165) is 49.8 Å². The number of unbranched alkanes of at least 4 members (excludes halogenated alkanes) is 2. The molecule has 0 aliphatic heterocycles. The smallest absolute Gasteiger partial charge is 0.159 e. The Balaban J connectivity index is 1.77. The van der Waals surface area contributed by atoms with Crippen LogP contribution in [0.2, 0.25) is 0 Å². The third kappa shape index (κ3) is 4.29. The summed E-state index contributed by atoms with van der Waals surface area (Å²) in [6, 6.07) is 5.76. The van der Waals surface area contributed by atoms with Crippen LogP contribution in [0.4, 0.5) is 0 Å². The van der Waals surface area contributed by atoms with Crippen molar-refractivity contribution in [2.45, 2.75) is 84.7 Å². The van der Waals surface area contributed by atoms with E-state index >= 15 is 0 Å². The zero-order valence-corrected chi connectivity index (χ0v) is 17.1. The lowest BCUT2D eigenvalue weighted by Crippen LogP contribution is -2.26. The van der Waals surface area contributed by atoms with Gasteiger partial charge in [-0.15, -0.1) is 0 Å². The summed E-state index contributed by atoms with van der Waals surface area (Å²) in [6.07, 6.45) is 8.93. The highest BCUT2D eigenvalue weighted by atomic mass is 16.5. The molecule has 2 unspecified atom stereocenters. The molecule has 27 heavy (non-hydrogen) atoms. The molecule has 0 fully saturated rings. The van der Waals surface area contributed by atoms with Gasteiger partial charge in [-0.05, 0) is 61.8 Å². The van der Waals surface area contributed by atoms with Gasteiger partial charge in [0.15, 0.2) is 5.78 Å². The van der Waals surface area contributed by atoms with Crippen molar-refractivity contribution in [3.8, 4) is 5.75 Å².